The number of rotatable bonds is 15. The summed E-state index contributed by atoms with van der Waals surface area (Å²) >= 11 is 4.43. The third-order valence-corrected chi connectivity index (χ3v) is 6.42. The minimum absolute atomic E-state index is 0.00131. The Morgan fingerprint density at radius 1 is 1.00 bits per heavy atom. The van der Waals surface area contributed by atoms with Gasteiger partial charge in [-0.25, -0.2) is 4.79 Å². The zero-order valence-electron chi connectivity index (χ0n) is 22.3. The van der Waals surface area contributed by atoms with Crippen molar-refractivity contribution in [1.29, 1.82) is 0 Å². The highest BCUT2D eigenvalue weighted by Crippen LogP contribution is 2.23. The van der Waals surface area contributed by atoms with E-state index in [1.165, 1.54) is 4.90 Å². The maximum absolute atomic E-state index is 13.2. The molecule has 0 saturated carbocycles. The van der Waals surface area contributed by atoms with Gasteiger partial charge >= 0.3 is 5.97 Å². The van der Waals surface area contributed by atoms with Crippen LogP contribution in [0.1, 0.15) is 63.7 Å². The molecule has 0 bridgehead atoms. The molecular formula is C29H40N2O5S. The predicted octanol–water partition coefficient (Wildman–Crippen LogP) is 5.21. The molecule has 2 amide bonds. The second-order valence-corrected chi connectivity index (χ2v) is 10.4. The van der Waals surface area contributed by atoms with Crippen LogP contribution in [0.15, 0.2) is 54.6 Å². The summed E-state index contributed by atoms with van der Waals surface area (Å²) < 4.78 is 5.75. The summed E-state index contributed by atoms with van der Waals surface area (Å²) in [5.41, 5.74) is 1.45. The molecule has 37 heavy (non-hydrogen) atoms. The zero-order chi connectivity index (χ0) is 27.4. The molecule has 0 aliphatic carbocycles. The second-order valence-electron chi connectivity index (χ2n) is 9.75. The van der Waals surface area contributed by atoms with Gasteiger partial charge in [-0.2, -0.15) is 12.6 Å². The third kappa shape index (κ3) is 10.1. The summed E-state index contributed by atoms with van der Waals surface area (Å²) in [5, 5.41) is 9.18. The molecule has 0 aromatic heterocycles. The van der Waals surface area contributed by atoms with Crippen LogP contribution >= 0.6 is 12.6 Å². The third-order valence-electron chi connectivity index (χ3n) is 5.99. The first kappa shape index (κ1) is 30.2. The van der Waals surface area contributed by atoms with E-state index in [2.05, 4.69) is 19.6 Å². The first-order valence-corrected chi connectivity index (χ1v) is 13.4. The summed E-state index contributed by atoms with van der Waals surface area (Å²) in [4.78, 5) is 40.8. The number of benzene rings is 2. The quantitative estimate of drug-likeness (QED) is 0.245. The van der Waals surface area contributed by atoms with E-state index in [1.807, 2.05) is 32.0 Å². The molecule has 2 aromatic rings. The van der Waals surface area contributed by atoms with Crippen molar-refractivity contribution < 1.29 is 24.2 Å². The number of carboxylic acid groups (broad SMARTS) is 1. The first-order chi connectivity index (χ1) is 17.6. The Bertz CT molecular complexity index is 997. The Labute approximate surface area is 226 Å². The number of aliphatic carboxylic acids is 1. The lowest BCUT2D eigenvalue weighted by atomic mass is 10.1. The molecule has 0 spiro atoms. The van der Waals surface area contributed by atoms with Gasteiger partial charge in [-0.15, -0.1) is 0 Å². The van der Waals surface area contributed by atoms with Crippen LogP contribution in [0.4, 0.5) is 0 Å². The van der Waals surface area contributed by atoms with Crippen molar-refractivity contribution in [2.45, 2.75) is 64.4 Å². The van der Waals surface area contributed by atoms with Crippen LogP contribution in [0.25, 0.3) is 0 Å². The van der Waals surface area contributed by atoms with Crippen LogP contribution in [0.2, 0.25) is 0 Å². The molecule has 2 aromatic carbocycles. The maximum Gasteiger partial charge on any atom is 0.349 e. The number of amides is 2. The second kappa shape index (κ2) is 15.3. The Morgan fingerprint density at radius 2 is 1.65 bits per heavy atom. The van der Waals surface area contributed by atoms with Crippen molar-refractivity contribution in [1.82, 2.24) is 9.80 Å². The number of carbonyl (C=O) groups is 3. The molecule has 202 valence electrons. The number of carboxylic acids is 1. The molecule has 2 atom stereocenters. The van der Waals surface area contributed by atoms with Crippen LogP contribution in [0.5, 0.6) is 5.75 Å². The van der Waals surface area contributed by atoms with Crippen LogP contribution in [0.3, 0.4) is 0 Å². The summed E-state index contributed by atoms with van der Waals surface area (Å²) in [6.07, 6.45) is 2.46. The Morgan fingerprint density at radius 3 is 2.22 bits per heavy atom. The monoisotopic (exact) mass is 528 g/mol. The first-order valence-electron chi connectivity index (χ1n) is 12.9. The largest absolute Gasteiger partial charge is 0.478 e. The number of nitrogens with zero attached hydrogens (tertiary/aromatic N) is 2. The van der Waals surface area contributed by atoms with Crippen LogP contribution in [-0.4, -0.2) is 58.1 Å². The number of ether oxygens (including phenoxy) is 1. The van der Waals surface area contributed by atoms with Gasteiger partial charge in [0.2, 0.25) is 17.9 Å². The highest BCUT2D eigenvalue weighted by molar-refractivity contribution is 7.81. The van der Waals surface area contributed by atoms with Crippen LogP contribution in [-0.2, 0) is 20.9 Å². The van der Waals surface area contributed by atoms with Gasteiger partial charge in [0.25, 0.3) is 0 Å². The van der Waals surface area contributed by atoms with E-state index in [1.54, 1.807) is 48.3 Å². The van der Waals surface area contributed by atoms with Crippen LogP contribution in [0, 0.1) is 5.92 Å². The lowest BCUT2D eigenvalue weighted by Gasteiger charge is -2.27. The summed E-state index contributed by atoms with van der Waals surface area (Å²) in [5.74, 6) is -0.566. The van der Waals surface area contributed by atoms with Crippen molar-refractivity contribution >= 4 is 30.4 Å². The molecule has 0 aliphatic heterocycles. The van der Waals surface area contributed by atoms with E-state index >= 15 is 0 Å². The van der Waals surface area contributed by atoms with E-state index in [0.717, 1.165) is 24.8 Å². The van der Waals surface area contributed by atoms with Crippen LogP contribution < -0.4 is 4.74 Å². The average molecular weight is 529 g/mol. The fourth-order valence-corrected chi connectivity index (χ4v) is 4.56. The number of likely N-dealkylation sites (N-methyl/N-ethyl adjacent to an activating group) is 1. The fraction of sp³-hybridized carbons (Fsp3) is 0.483. The van der Waals surface area contributed by atoms with Crippen molar-refractivity contribution in [3.63, 3.8) is 0 Å². The lowest BCUT2D eigenvalue weighted by molar-refractivity contribution is -0.145. The highest BCUT2D eigenvalue weighted by Gasteiger charge is 2.24. The summed E-state index contributed by atoms with van der Waals surface area (Å²) in [7, 11) is 1.64. The van der Waals surface area contributed by atoms with Gasteiger partial charge in [0.1, 0.15) is 5.75 Å². The average Bonchev–Trinajstić information content (AvgIpc) is 2.87. The molecule has 0 aliphatic rings. The summed E-state index contributed by atoms with van der Waals surface area (Å²) in [6, 6.07) is 15.9. The fourth-order valence-electron chi connectivity index (χ4n) is 3.95. The molecule has 0 heterocycles. The van der Waals surface area contributed by atoms with E-state index in [9.17, 15) is 19.5 Å². The maximum atomic E-state index is 13.2. The van der Waals surface area contributed by atoms with Crippen molar-refractivity contribution in [2.75, 3.05) is 20.1 Å². The molecule has 7 nitrogen and oxygen atoms in total. The van der Waals surface area contributed by atoms with Gasteiger partial charge in [0.05, 0.1) is 11.8 Å². The predicted molar refractivity (Wildman–Crippen MR) is 149 cm³/mol. The van der Waals surface area contributed by atoms with E-state index in [-0.39, 0.29) is 18.4 Å². The van der Waals surface area contributed by atoms with Crippen molar-refractivity contribution in [3.8, 4) is 5.75 Å². The number of hydrogen-bond donors (Lipinski definition) is 2. The van der Waals surface area contributed by atoms with Gasteiger partial charge in [-0.05, 0) is 36.5 Å². The molecule has 2 unspecified atom stereocenters. The number of hydrogen-bond acceptors (Lipinski definition) is 5. The van der Waals surface area contributed by atoms with E-state index < -0.39 is 17.3 Å². The minimum atomic E-state index is -1.11. The Hall–Kier alpha value is -3.00. The van der Waals surface area contributed by atoms with Gasteiger partial charge in [0.15, 0.2) is 0 Å². The topological polar surface area (TPSA) is 87.2 Å². The SMILES string of the molecule is CCCCCN(Cc1ccc(OC(C(=O)O)c2ccccc2)cc1)C(=O)CN(C)C(=O)C(S)CC(C)C. The lowest BCUT2D eigenvalue weighted by Crippen LogP contribution is -2.43. The highest BCUT2D eigenvalue weighted by atomic mass is 32.1. The molecule has 1 N–H and O–H groups in total. The van der Waals surface area contributed by atoms with E-state index in [4.69, 9.17) is 4.74 Å². The Kier molecular flexibility index (Phi) is 12.5. The number of unbranched alkanes of at least 4 members (excludes halogenated alkanes) is 2. The Balaban J connectivity index is 2.07. The zero-order valence-corrected chi connectivity index (χ0v) is 23.2. The number of thiol groups is 1. The molecule has 8 heteroatoms. The molecule has 0 saturated heterocycles. The van der Waals surface area contributed by atoms with E-state index in [0.29, 0.717) is 36.7 Å². The van der Waals surface area contributed by atoms with Gasteiger partial charge in [-0.3, -0.25) is 9.59 Å². The standard InChI is InChI=1S/C29H40N2O5S/c1-5-6-10-17-31(26(32)20-30(4)28(33)25(37)18-21(2)3)19-22-13-15-24(16-14-22)36-27(29(34)35)23-11-8-7-9-12-23/h7-9,11-16,21,25,27,37H,5-6,10,17-20H2,1-4H3,(H,34,35). The van der Waals surface area contributed by atoms with Gasteiger partial charge in [0, 0.05) is 25.7 Å². The normalized spacial score (nSPS) is 12.6. The van der Waals surface area contributed by atoms with Gasteiger partial charge < -0.3 is 19.6 Å². The van der Waals surface area contributed by atoms with Crippen molar-refractivity contribution in [2.24, 2.45) is 5.92 Å². The molecule has 0 radical (unpaired) electrons. The summed E-state index contributed by atoms with van der Waals surface area (Å²) in [6.45, 7) is 7.17. The van der Waals surface area contributed by atoms with Gasteiger partial charge in [-0.1, -0.05) is 76.1 Å². The smallest absolute Gasteiger partial charge is 0.349 e. The molecule has 2 rings (SSSR count). The molecular weight excluding hydrogens is 488 g/mol. The minimum Gasteiger partial charge on any atom is -0.478 e. The van der Waals surface area contributed by atoms with Crippen molar-refractivity contribution in [3.05, 3.63) is 65.7 Å². The number of carbonyl (C=O) groups excluding carboxylic acids is 2. The molecule has 0 fully saturated rings.